The molecule has 0 aliphatic carbocycles. The minimum Gasteiger partial charge on any atom is -0.404 e. The zero-order valence-electron chi connectivity index (χ0n) is 11.9. The highest BCUT2D eigenvalue weighted by Crippen LogP contribution is 2.32. The SMILES string of the molecule is CN(C1CCNCC1)S(=O)(=O)c1ccccc1OC(F)(F)F. The van der Waals surface area contributed by atoms with Crippen molar-refractivity contribution >= 4 is 10.0 Å². The van der Waals surface area contributed by atoms with E-state index in [2.05, 4.69) is 10.1 Å². The summed E-state index contributed by atoms with van der Waals surface area (Å²) in [6, 6.07) is 4.53. The predicted molar refractivity (Wildman–Crippen MR) is 74.0 cm³/mol. The predicted octanol–water partition coefficient (Wildman–Crippen LogP) is 1.96. The molecule has 0 saturated carbocycles. The number of hydrogen-bond acceptors (Lipinski definition) is 4. The summed E-state index contributed by atoms with van der Waals surface area (Å²) < 4.78 is 67.4. The number of alkyl halides is 3. The Labute approximate surface area is 127 Å². The second-order valence-electron chi connectivity index (χ2n) is 5.00. The molecule has 0 aromatic heterocycles. The van der Waals surface area contributed by atoms with Crippen LogP contribution in [0.4, 0.5) is 13.2 Å². The van der Waals surface area contributed by atoms with Gasteiger partial charge in [-0.05, 0) is 38.1 Å². The van der Waals surface area contributed by atoms with Crippen molar-refractivity contribution in [3.05, 3.63) is 24.3 Å². The molecule has 1 fully saturated rings. The second kappa shape index (κ2) is 6.43. The number of nitrogens with zero attached hydrogens (tertiary/aromatic N) is 1. The Hall–Kier alpha value is -1.32. The molecule has 0 bridgehead atoms. The Morgan fingerprint density at radius 1 is 1.23 bits per heavy atom. The van der Waals surface area contributed by atoms with E-state index in [1.807, 2.05) is 0 Å². The largest absolute Gasteiger partial charge is 0.573 e. The van der Waals surface area contributed by atoms with Crippen molar-refractivity contribution in [2.45, 2.75) is 30.1 Å². The van der Waals surface area contributed by atoms with Crippen LogP contribution in [-0.4, -0.2) is 45.3 Å². The molecule has 0 amide bonds. The van der Waals surface area contributed by atoms with Gasteiger partial charge in [0.1, 0.15) is 10.6 Å². The first kappa shape index (κ1) is 17.0. The number of benzene rings is 1. The molecule has 5 nitrogen and oxygen atoms in total. The number of piperidine rings is 1. The summed E-state index contributed by atoms with van der Waals surface area (Å²) in [4.78, 5) is -0.478. The maximum absolute atomic E-state index is 12.6. The molecule has 1 aliphatic rings. The quantitative estimate of drug-likeness (QED) is 0.912. The fourth-order valence-corrected chi connectivity index (χ4v) is 3.92. The van der Waals surface area contributed by atoms with Gasteiger partial charge in [0.15, 0.2) is 0 Å². The van der Waals surface area contributed by atoms with Crippen LogP contribution in [-0.2, 0) is 10.0 Å². The fourth-order valence-electron chi connectivity index (χ4n) is 2.39. The fraction of sp³-hybridized carbons (Fsp3) is 0.538. The van der Waals surface area contributed by atoms with Gasteiger partial charge in [-0.2, -0.15) is 4.31 Å². The molecular weight excluding hydrogens is 321 g/mol. The van der Waals surface area contributed by atoms with Gasteiger partial charge in [-0.25, -0.2) is 8.42 Å². The number of rotatable bonds is 4. The van der Waals surface area contributed by atoms with Crippen LogP contribution in [0.3, 0.4) is 0 Å². The third kappa shape index (κ3) is 3.90. The maximum atomic E-state index is 12.6. The Morgan fingerprint density at radius 3 is 2.41 bits per heavy atom. The van der Waals surface area contributed by atoms with Crippen molar-refractivity contribution in [2.24, 2.45) is 0 Å². The summed E-state index contributed by atoms with van der Waals surface area (Å²) in [6.45, 7) is 1.34. The third-order valence-corrected chi connectivity index (χ3v) is 5.50. The Bertz CT molecular complexity index is 613. The normalized spacial score (nSPS) is 17.7. The smallest absolute Gasteiger partial charge is 0.404 e. The van der Waals surface area contributed by atoms with Crippen LogP contribution in [0.15, 0.2) is 29.2 Å². The summed E-state index contributed by atoms with van der Waals surface area (Å²) in [5.74, 6) is -0.712. The van der Waals surface area contributed by atoms with Crippen LogP contribution in [0, 0.1) is 0 Å². The number of nitrogens with one attached hydrogen (secondary N) is 1. The molecule has 1 aromatic carbocycles. The van der Waals surface area contributed by atoms with Gasteiger partial charge in [0, 0.05) is 13.1 Å². The van der Waals surface area contributed by atoms with E-state index in [0.717, 1.165) is 16.4 Å². The van der Waals surface area contributed by atoms with Crippen LogP contribution in [0.2, 0.25) is 0 Å². The van der Waals surface area contributed by atoms with Crippen molar-refractivity contribution in [3.8, 4) is 5.75 Å². The Kier molecular flexibility index (Phi) is 4.98. The summed E-state index contributed by atoms with van der Waals surface area (Å²) in [6.07, 6.45) is -3.73. The van der Waals surface area contributed by atoms with Gasteiger partial charge in [-0.15, -0.1) is 13.2 Å². The zero-order valence-corrected chi connectivity index (χ0v) is 12.7. The monoisotopic (exact) mass is 338 g/mol. The summed E-state index contributed by atoms with van der Waals surface area (Å²) >= 11 is 0. The lowest BCUT2D eigenvalue weighted by Crippen LogP contribution is -2.44. The molecule has 9 heteroatoms. The topological polar surface area (TPSA) is 58.6 Å². The van der Waals surface area contributed by atoms with Crippen molar-refractivity contribution in [3.63, 3.8) is 0 Å². The minimum atomic E-state index is -4.95. The highest BCUT2D eigenvalue weighted by atomic mass is 32.2. The van der Waals surface area contributed by atoms with Crippen LogP contribution in [0.25, 0.3) is 0 Å². The molecule has 1 aliphatic heterocycles. The first-order chi connectivity index (χ1) is 10.2. The first-order valence-electron chi connectivity index (χ1n) is 6.75. The van der Waals surface area contributed by atoms with E-state index in [1.165, 1.54) is 19.2 Å². The molecule has 124 valence electrons. The van der Waals surface area contributed by atoms with Crippen LogP contribution in [0.1, 0.15) is 12.8 Å². The number of sulfonamides is 1. The lowest BCUT2D eigenvalue weighted by atomic mass is 10.1. The zero-order chi connectivity index (χ0) is 16.4. The molecule has 1 heterocycles. The summed E-state index contributed by atoms with van der Waals surface area (Å²) in [7, 11) is -2.68. The molecule has 22 heavy (non-hydrogen) atoms. The van der Waals surface area contributed by atoms with Gasteiger partial charge in [0.05, 0.1) is 0 Å². The van der Waals surface area contributed by atoms with Gasteiger partial charge >= 0.3 is 6.36 Å². The Balaban J connectivity index is 2.32. The van der Waals surface area contributed by atoms with Crippen LogP contribution < -0.4 is 10.1 Å². The van der Waals surface area contributed by atoms with E-state index in [9.17, 15) is 21.6 Å². The second-order valence-corrected chi connectivity index (χ2v) is 6.96. The van der Waals surface area contributed by atoms with Crippen LogP contribution in [0.5, 0.6) is 5.75 Å². The number of hydrogen-bond donors (Lipinski definition) is 1. The van der Waals surface area contributed by atoms with Gasteiger partial charge in [0.25, 0.3) is 0 Å². The maximum Gasteiger partial charge on any atom is 0.573 e. The van der Waals surface area contributed by atoms with E-state index >= 15 is 0 Å². The molecule has 0 spiro atoms. The highest BCUT2D eigenvalue weighted by Gasteiger charge is 2.36. The van der Waals surface area contributed by atoms with Gasteiger partial charge < -0.3 is 10.1 Å². The van der Waals surface area contributed by atoms with Crippen molar-refractivity contribution in [1.82, 2.24) is 9.62 Å². The number of ether oxygens (including phenoxy) is 1. The van der Waals surface area contributed by atoms with E-state index in [-0.39, 0.29) is 6.04 Å². The molecule has 1 saturated heterocycles. The molecule has 1 N–H and O–H groups in total. The van der Waals surface area contributed by atoms with E-state index < -0.39 is 27.0 Å². The molecule has 2 rings (SSSR count). The van der Waals surface area contributed by atoms with Crippen molar-refractivity contribution in [1.29, 1.82) is 0 Å². The van der Waals surface area contributed by atoms with Gasteiger partial charge in [-0.1, -0.05) is 12.1 Å². The summed E-state index contributed by atoms with van der Waals surface area (Å²) in [5, 5.41) is 3.11. The standard InChI is InChI=1S/C13H17F3N2O3S/c1-18(10-6-8-17-9-7-10)22(19,20)12-5-3-2-4-11(12)21-13(14,15)16/h2-5,10,17H,6-9H2,1H3. The van der Waals surface area contributed by atoms with Crippen molar-refractivity contribution < 1.29 is 26.3 Å². The number of halogens is 3. The van der Waals surface area contributed by atoms with E-state index in [1.54, 1.807) is 0 Å². The van der Waals surface area contributed by atoms with Crippen molar-refractivity contribution in [2.75, 3.05) is 20.1 Å². The van der Waals surface area contributed by atoms with Gasteiger partial charge in [-0.3, -0.25) is 0 Å². The molecule has 0 radical (unpaired) electrons. The first-order valence-corrected chi connectivity index (χ1v) is 8.19. The lowest BCUT2D eigenvalue weighted by molar-refractivity contribution is -0.275. The Morgan fingerprint density at radius 2 is 1.82 bits per heavy atom. The van der Waals surface area contributed by atoms with E-state index in [0.29, 0.717) is 25.9 Å². The van der Waals surface area contributed by atoms with Gasteiger partial charge in [0.2, 0.25) is 10.0 Å². The highest BCUT2D eigenvalue weighted by molar-refractivity contribution is 7.89. The third-order valence-electron chi connectivity index (χ3n) is 3.55. The molecule has 1 aromatic rings. The van der Waals surface area contributed by atoms with E-state index in [4.69, 9.17) is 0 Å². The molecule has 0 atom stereocenters. The minimum absolute atomic E-state index is 0.245. The van der Waals surface area contributed by atoms with Crippen LogP contribution >= 0.6 is 0 Å². The number of para-hydroxylation sites is 1. The lowest BCUT2D eigenvalue weighted by Gasteiger charge is -2.31. The average Bonchev–Trinajstić information content (AvgIpc) is 2.46. The molecular formula is C13H17F3N2O3S. The molecule has 0 unspecified atom stereocenters. The average molecular weight is 338 g/mol. The summed E-state index contributed by atoms with van der Waals surface area (Å²) in [5.41, 5.74) is 0.